The van der Waals surface area contributed by atoms with E-state index in [1.54, 1.807) is 0 Å². The van der Waals surface area contributed by atoms with Crippen LogP contribution in [0.5, 0.6) is 0 Å². The maximum atomic E-state index is 1.50. The molecule has 0 aliphatic heterocycles. The first-order chi connectivity index (χ1) is 9.00. The summed E-state index contributed by atoms with van der Waals surface area (Å²) in [7, 11) is 0. The highest BCUT2D eigenvalue weighted by Gasteiger charge is 1.96. The first-order valence-electron chi connectivity index (χ1n) is 9.00. The smallest absolute Gasteiger partial charge is 0.0533 e. The summed E-state index contributed by atoms with van der Waals surface area (Å²) in [5, 5.41) is 0. The molecule has 0 aromatic rings. The molecule has 3 fully saturated rings. The monoisotopic (exact) mass is 316 g/mol. The van der Waals surface area contributed by atoms with Crippen LogP contribution in [-0.2, 0) is 0 Å². The Morgan fingerprint density at radius 2 is 0.182 bits per heavy atom. The van der Waals surface area contributed by atoms with Gasteiger partial charge < -0.3 is 0 Å². The standard InChI is InChI=1S/C7H14.C6H12.C5H10.4CH4/c1-2-4-6-7-5-3-1;1-2-4-6-5-3-1;1-2-4-5-3-1;;;;/h1-7H2;1-6H2;1-5H2;4*1H4. The normalized spacial score (nSPS) is 19.6. The molecule has 0 spiro atoms. The Hall–Kier alpha value is 0. The van der Waals surface area contributed by atoms with Gasteiger partial charge in [0.05, 0.1) is 0 Å². The second-order valence-corrected chi connectivity index (χ2v) is 6.36. The molecule has 0 heterocycles. The van der Waals surface area contributed by atoms with Crippen molar-refractivity contribution in [1.82, 2.24) is 0 Å². The highest BCUT2D eigenvalue weighted by Crippen LogP contribution is 2.16. The van der Waals surface area contributed by atoms with Crippen LogP contribution in [-0.4, -0.2) is 0 Å². The van der Waals surface area contributed by atoms with Gasteiger partial charge in [-0.15, -0.1) is 0 Å². The maximum Gasteiger partial charge on any atom is -0.0533 e. The van der Waals surface area contributed by atoms with Gasteiger partial charge in [0.15, 0.2) is 0 Å². The van der Waals surface area contributed by atoms with E-state index in [4.69, 9.17) is 0 Å². The van der Waals surface area contributed by atoms with E-state index in [1.165, 1.54) is 116 Å². The van der Waals surface area contributed by atoms with Crippen molar-refractivity contribution in [1.29, 1.82) is 0 Å². The zero-order chi connectivity index (χ0) is 12.7. The Morgan fingerprint density at radius 1 is 0.136 bits per heavy atom. The van der Waals surface area contributed by atoms with E-state index in [0.29, 0.717) is 0 Å². The molecule has 3 aliphatic carbocycles. The first-order valence-corrected chi connectivity index (χ1v) is 9.00. The van der Waals surface area contributed by atoms with E-state index in [-0.39, 0.29) is 29.7 Å². The number of hydrogen-bond acceptors (Lipinski definition) is 0. The zero-order valence-electron chi connectivity index (χ0n) is 12.7. The lowest BCUT2D eigenvalue weighted by molar-refractivity contribution is 0.504. The second-order valence-electron chi connectivity index (χ2n) is 6.36. The minimum absolute atomic E-state index is 0. The fourth-order valence-electron chi connectivity index (χ4n) is 3.18. The predicted octanol–water partition coefficient (Wildman–Crippen LogP) is 9.57. The average molecular weight is 317 g/mol. The van der Waals surface area contributed by atoms with Crippen LogP contribution in [0.1, 0.15) is 145 Å². The Kier molecular flexibility index (Phi) is 35.3. The van der Waals surface area contributed by atoms with E-state index in [0.717, 1.165) is 0 Å². The van der Waals surface area contributed by atoms with Crippen molar-refractivity contribution in [3.05, 3.63) is 0 Å². The van der Waals surface area contributed by atoms with E-state index in [2.05, 4.69) is 0 Å². The third-order valence-electron chi connectivity index (χ3n) is 4.50. The molecule has 0 aromatic heterocycles. The Bertz CT molecular complexity index is 103. The van der Waals surface area contributed by atoms with Gasteiger partial charge in [0.1, 0.15) is 0 Å². The molecule has 22 heavy (non-hydrogen) atoms. The molecule has 0 bridgehead atoms. The van der Waals surface area contributed by atoms with Gasteiger partial charge in [0, 0.05) is 0 Å². The van der Waals surface area contributed by atoms with Gasteiger partial charge in [-0.05, 0) is 0 Å². The lowest BCUT2D eigenvalue weighted by Gasteiger charge is -2.05. The van der Waals surface area contributed by atoms with Crippen LogP contribution in [0.2, 0.25) is 0 Å². The van der Waals surface area contributed by atoms with Crippen molar-refractivity contribution in [2.24, 2.45) is 0 Å². The lowest BCUT2D eigenvalue weighted by Crippen LogP contribution is -1.85. The van der Waals surface area contributed by atoms with Crippen LogP contribution in [0.4, 0.5) is 0 Å². The Morgan fingerprint density at radius 3 is 0.227 bits per heavy atom. The molecule has 0 amide bonds. The molecular formula is C22H52. The Balaban J connectivity index is -0.000000102. The largest absolute Gasteiger partial charge is 0.0776 e. The summed E-state index contributed by atoms with van der Waals surface area (Å²) in [6, 6.07) is 0. The number of rotatable bonds is 0. The summed E-state index contributed by atoms with van der Waals surface area (Å²) in [5.74, 6) is 0. The molecule has 3 aliphatic rings. The molecular weight excluding hydrogens is 264 g/mol. The van der Waals surface area contributed by atoms with Gasteiger partial charge >= 0.3 is 0 Å². The molecule has 0 radical (unpaired) electrons. The molecule has 0 unspecified atom stereocenters. The van der Waals surface area contributed by atoms with Crippen LogP contribution < -0.4 is 0 Å². The Labute approximate surface area is 145 Å². The van der Waals surface area contributed by atoms with Crippen LogP contribution in [0, 0.1) is 0 Å². The van der Waals surface area contributed by atoms with E-state index >= 15 is 0 Å². The molecule has 140 valence electrons. The minimum atomic E-state index is 0. The van der Waals surface area contributed by atoms with Gasteiger partial charge in [0.2, 0.25) is 0 Å². The van der Waals surface area contributed by atoms with E-state index in [9.17, 15) is 0 Å². The fourth-order valence-corrected chi connectivity index (χ4v) is 3.18. The highest BCUT2D eigenvalue weighted by atomic mass is 14.0. The molecule has 3 rings (SSSR count). The summed E-state index contributed by atoms with van der Waals surface area (Å²) in [4.78, 5) is 0. The maximum absolute atomic E-state index is 1.50. The minimum Gasteiger partial charge on any atom is -0.0776 e. The van der Waals surface area contributed by atoms with Gasteiger partial charge in [-0.1, -0.05) is 145 Å². The zero-order valence-corrected chi connectivity index (χ0v) is 12.7. The lowest BCUT2D eigenvalue weighted by atomic mass is 10.0. The van der Waals surface area contributed by atoms with E-state index < -0.39 is 0 Å². The van der Waals surface area contributed by atoms with Gasteiger partial charge in [-0.3, -0.25) is 0 Å². The summed E-state index contributed by atoms with van der Waals surface area (Å²) >= 11 is 0. The van der Waals surface area contributed by atoms with Crippen molar-refractivity contribution in [2.45, 2.75) is 145 Å². The molecule has 0 nitrogen and oxygen atoms in total. The molecule has 0 atom stereocenters. The van der Waals surface area contributed by atoms with Crippen LogP contribution in [0.15, 0.2) is 0 Å². The summed E-state index contributed by atoms with van der Waals surface area (Å²) in [6.07, 6.45) is 27.0. The fraction of sp³-hybridized carbons (Fsp3) is 1.00. The third kappa shape index (κ3) is 22.3. The van der Waals surface area contributed by atoms with Crippen molar-refractivity contribution < 1.29 is 0 Å². The van der Waals surface area contributed by atoms with Gasteiger partial charge in [0.25, 0.3) is 0 Å². The van der Waals surface area contributed by atoms with Gasteiger partial charge in [-0.25, -0.2) is 0 Å². The summed E-state index contributed by atoms with van der Waals surface area (Å²) in [6.45, 7) is 0. The molecule has 0 heteroatoms. The van der Waals surface area contributed by atoms with Crippen molar-refractivity contribution in [3.63, 3.8) is 0 Å². The van der Waals surface area contributed by atoms with Crippen LogP contribution in [0.25, 0.3) is 0 Å². The highest BCUT2D eigenvalue weighted by molar-refractivity contribution is 4.52. The SMILES string of the molecule is C.C.C.C.C1CCCC1.C1CCCCC1.C1CCCCCC1. The molecule has 3 saturated carbocycles. The molecule has 0 aromatic carbocycles. The number of hydrogen-bond donors (Lipinski definition) is 0. The van der Waals surface area contributed by atoms with Crippen molar-refractivity contribution in [3.8, 4) is 0 Å². The second kappa shape index (κ2) is 25.9. The first kappa shape index (κ1) is 29.9. The van der Waals surface area contributed by atoms with Crippen LogP contribution in [0.3, 0.4) is 0 Å². The third-order valence-corrected chi connectivity index (χ3v) is 4.50. The van der Waals surface area contributed by atoms with Crippen LogP contribution >= 0.6 is 0 Å². The molecule has 0 N–H and O–H groups in total. The van der Waals surface area contributed by atoms with Crippen molar-refractivity contribution in [2.75, 3.05) is 0 Å². The average Bonchev–Trinajstić information content (AvgIpc) is 2.90. The summed E-state index contributed by atoms with van der Waals surface area (Å²) < 4.78 is 0. The topological polar surface area (TPSA) is 0 Å². The van der Waals surface area contributed by atoms with E-state index in [1.807, 2.05) is 0 Å². The quantitative estimate of drug-likeness (QED) is 0.390. The molecule has 0 saturated heterocycles. The van der Waals surface area contributed by atoms with Gasteiger partial charge in [-0.2, -0.15) is 0 Å². The predicted molar refractivity (Wildman–Crippen MR) is 110 cm³/mol. The summed E-state index contributed by atoms with van der Waals surface area (Å²) in [5.41, 5.74) is 0. The van der Waals surface area contributed by atoms with Crippen molar-refractivity contribution >= 4 is 0 Å².